The predicted octanol–water partition coefficient (Wildman–Crippen LogP) is 4.12. The van der Waals surface area contributed by atoms with E-state index in [1.165, 1.54) is 13.2 Å². The lowest BCUT2D eigenvalue weighted by Gasteiger charge is -2.51. The van der Waals surface area contributed by atoms with E-state index < -0.39 is 0 Å². The first-order chi connectivity index (χ1) is 10.2. The van der Waals surface area contributed by atoms with E-state index in [1.807, 2.05) is 13.8 Å². The Morgan fingerprint density at radius 2 is 2.05 bits per heavy atom. The fourth-order valence-corrected chi connectivity index (χ4v) is 3.75. The molecule has 0 fully saturated rings. The summed E-state index contributed by atoms with van der Waals surface area (Å²) in [7, 11) is 1.42. The van der Waals surface area contributed by atoms with Crippen molar-refractivity contribution in [3.8, 4) is 0 Å². The lowest BCUT2D eigenvalue weighted by Crippen LogP contribution is -2.58. The number of benzene rings is 1. The van der Waals surface area contributed by atoms with Gasteiger partial charge in [-0.2, -0.15) is 0 Å². The zero-order valence-corrected chi connectivity index (χ0v) is 14.3. The molecule has 0 spiro atoms. The Morgan fingerprint density at radius 1 is 1.41 bits per heavy atom. The Labute approximate surface area is 132 Å². The monoisotopic (exact) mass is 307 g/mol. The first-order valence-electron chi connectivity index (χ1n) is 7.85. The maximum Gasteiger partial charge on any atom is 0.328 e. The van der Waals surface area contributed by atoms with Crippen LogP contribution < -0.4 is 4.90 Å². The number of hydrogen-bond acceptors (Lipinski definition) is 3. The first kappa shape index (κ1) is 16.8. The number of nitrogens with zero attached hydrogens (tertiary/aromatic N) is 1. The zero-order valence-electron chi connectivity index (χ0n) is 14.3. The molecule has 2 rings (SSSR count). The molecule has 0 aliphatic carbocycles. The maximum absolute atomic E-state index is 13.7. The Balaban J connectivity index is 2.61. The summed E-state index contributed by atoms with van der Waals surface area (Å²) in [6.07, 6.45) is 0.865. The van der Waals surface area contributed by atoms with Crippen LogP contribution in [0.5, 0.6) is 0 Å². The number of methoxy groups -OCH3 is 1. The lowest BCUT2D eigenvalue weighted by molar-refractivity contribution is -0.143. The highest BCUT2D eigenvalue weighted by molar-refractivity contribution is 5.82. The van der Waals surface area contributed by atoms with Crippen molar-refractivity contribution in [3.05, 3.63) is 29.6 Å². The van der Waals surface area contributed by atoms with Gasteiger partial charge in [-0.3, -0.25) is 0 Å². The SMILES string of the molecule is COC(=O)[C@@H](C(C)C)N1c2ccc(F)cc2[C@@H](C)CC1(C)C. The van der Waals surface area contributed by atoms with E-state index in [0.29, 0.717) is 0 Å². The average molecular weight is 307 g/mol. The van der Waals surface area contributed by atoms with Gasteiger partial charge in [-0.05, 0) is 55.9 Å². The highest BCUT2D eigenvalue weighted by atomic mass is 19.1. The normalized spacial score (nSPS) is 21.5. The minimum atomic E-state index is -0.378. The smallest absolute Gasteiger partial charge is 0.328 e. The summed E-state index contributed by atoms with van der Waals surface area (Å²) in [5.41, 5.74) is 1.70. The Hall–Kier alpha value is -1.58. The Kier molecular flexibility index (Phi) is 4.50. The Bertz CT molecular complexity index is 568. The average Bonchev–Trinajstić information content (AvgIpc) is 2.42. The van der Waals surface area contributed by atoms with Crippen LogP contribution in [0.2, 0.25) is 0 Å². The largest absolute Gasteiger partial charge is 0.467 e. The molecule has 0 aromatic heterocycles. The van der Waals surface area contributed by atoms with Gasteiger partial charge in [-0.15, -0.1) is 0 Å². The second-order valence-corrected chi connectivity index (χ2v) is 7.20. The molecule has 3 nitrogen and oxygen atoms in total. The van der Waals surface area contributed by atoms with Crippen LogP contribution in [-0.4, -0.2) is 24.7 Å². The molecule has 0 N–H and O–H groups in total. The second kappa shape index (κ2) is 5.90. The van der Waals surface area contributed by atoms with Gasteiger partial charge >= 0.3 is 5.97 Å². The van der Waals surface area contributed by atoms with E-state index >= 15 is 0 Å². The Morgan fingerprint density at radius 3 is 2.59 bits per heavy atom. The quantitative estimate of drug-likeness (QED) is 0.787. The van der Waals surface area contributed by atoms with E-state index in [2.05, 4.69) is 25.7 Å². The molecule has 122 valence electrons. The summed E-state index contributed by atoms with van der Waals surface area (Å²) in [4.78, 5) is 14.5. The minimum Gasteiger partial charge on any atom is -0.467 e. The number of halogens is 1. The van der Waals surface area contributed by atoms with Crippen molar-refractivity contribution in [3.63, 3.8) is 0 Å². The summed E-state index contributed by atoms with van der Waals surface area (Å²) in [6, 6.07) is 4.48. The van der Waals surface area contributed by atoms with Crippen LogP contribution >= 0.6 is 0 Å². The number of carbonyl (C=O) groups excluding carboxylic acids is 1. The van der Waals surface area contributed by atoms with Crippen LogP contribution in [0.4, 0.5) is 10.1 Å². The van der Waals surface area contributed by atoms with E-state index in [9.17, 15) is 9.18 Å². The van der Waals surface area contributed by atoms with Gasteiger partial charge in [-0.25, -0.2) is 9.18 Å². The molecule has 2 atom stereocenters. The molecule has 1 aromatic rings. The topological polar surface area (TPSA) is 29.5 Å². The van der Waals surface area contributed by atoms with Gasteiger partial charge in [0.1, 0.15) is 11.9 Å². The molecule has 4 heteroatoms. The van der Waals surface area contributed by atoms with Gasteiger partial charge in [0.15, 0.2) is 0 Å². The molecule has 0 saturated carbocycles. The fourth-order valence-electron chi connectivity index (χ4n) is 3.75. The highest BCUT2D eigenvalue weighted by Gasteiger charge is 2.44. The van der Waals surface area contributed by atoms with Crippen molar-refractivity contribution in [2.45, 2.75) is 58.5 Å². The van der Waals surface area contributed by atoms with Gasteiger partial charge in [-0.1, -0.05) is 20.8 Å². The van der Waals surface area contributed by atoms with Crippen LogP contribution in [0.15, 0.2) is 18.2 Å². The lowest BCUT2D eigenvalue weighted by atomic mass is 9.78. The van der Waals surface area contributed by atoms with Gasteiger partial charge in [0.05, 0.1) is 7.11 Å². The van der Waals surface area contributed by atoms with E-state index in [0.717, 1.165) is 17.7 Å². The van der Waals surface area contributed by atoms with Crippen molar-refractivity contribution >= 4 is 11.7 Å². The molecular formula is C18H26FNO2. The predicted molar refractivity (Wildman–Crippen MR) is 86.6 cm³/mol. The van der Waals surface area contributed by atoms with Crippen molar-refractivity contribution in [1.82, 2.24) is 0 Å². The summed E-state index contributed by atoms with van der Waals surface area (Å²) >= 11 is 0. The third-order valence-corrected chi connectivity index (χ3v) is 4.59. The van der Waals surface area contributed by atoms with Crippen LogP contribution in [0, 0.1) is 11.7 Å². The van der Waals surface area contributed by atoms with Crippen LogP contribution in [0.1, 0.15) is 52.5 Å². The van der Waals surface area contributed by atoms with E-state index in [-0.39, 0.29) is 35.2 Å². The highest BCUT2D eigenvalue weighted by Crippen LogP contribution is 2.45. The number of fused-ring (bicyclic) bond motifs is 1. The number of ether oxygens (including phenoxy) is 1. The summed E-state index contributed by atoms with van der Waals surface area (Å²) in [5.74, 6) is -0.127. The molecule has 1 aromatic carbocycles. The van der Waals surface area contributed by atoms with Crippen LogP contribution in [0.3, 0.4) is 0 Å². The maximum atomic E-state index is 13.7. The number of rotatable bonds is 3. The molecule has 22 heavy (non-hydrogen) atoms. The molecule has 0 amide bonds. The second-order valence-electron chi connectivity index (χ2n) is 7.20. The van der Waals surface area contributed by atoms with Crippen molar-refractivity contribution in [2.75, 3.05) is 12.0 Å². The number of esters is 1. The third kappa shape index (κ3) is 2.83. The molecule has 1 aliphatic heterocycles. The molecule has 0 saturated heterocycles. The minimum absolute atomic E-state index is 0.0954. The summed E-state index contributed by atoms with van der Waals surface area (Å²) < 4.78 is 18.7. The third-order valence-electron chi connectivity index (χ3n) is 4.59. The molecule has 0 radical (unpaired) electrons. The van der Waals surface area contributed by atoms with Crippen LogP contribution in [-0.2, 0) is 9.53 Å². The van der Waals surface area contributed by atoms with E-state index in [4.69, 9.17) is 4.74 Å². The first-order valence-corrected chi connectivity index (χ1v) is 7.85. The standard InChI is InChI=1S/C18H26FNO2/c1-11(2)16(17(21)22-6)20-15-8-7-13(19)9-14(15)12(3)10-18(20,4)5/h7-9,11-12,16H,10H2,1-6H3/t12-,16+/m0/s1. The molecule has 0 bridgehead atoms. The van der Waals surface area contributed by atoms with E-state index in [1.54, 1.807) is 12.1 Å². The van der Waals surface area contributed by atoms with Gasteiger partial charge in [0, 0.05) is 11.2 Å². The number of anilines is 1. The number of carbonyl (C=O) groups is 1. The zero-order chi connectivity index (χ0) is 16.7. The van der Waals surface area contributed by atoms with Gasteiger partial charge in [0.25, 0.3) is 0 Å². The van der Waals surface area contributed by atoms with Crippen LogP contribution in [0.25, 0.3) is 0 Å². The molecule has 1 heterocycles. The summed E-state index contributed by atoms with van der Waals surface area (Å²) in [5, 5.41) is 0. The van der Waals surface area contributed by atoms with Gasteiger partial charge < -0.3 is 9.64 Å². The number of hydrogen-bond donors (Lipinski definition) is 0. The van der Waals surface area contributed by atoms with Crippen molar-refractivity contribution in [2.24, 2.45) is 5.92 Å². The fraction of sp³-hybridized carbons (Fsp3) is 0.611. The van der Waals surface area contributed by atoms with Crippen molar-refractivity contribution in [1.29, 1.82) is 0 Å². The molecule has 0 unspecified atom stereocenters. The summed E-state index contributed by atoms with van der Waals surface area (Å²) in [6.45, 7) is 10.4. The van der Waals surface area contributed by atoms with Gasteiger partial charge in [0.2, 0.25) is 0 Å². The van der Waals surface area contributed by atoms with Crippen molar-refractivity contribution < 1.29 is 13.9 Å². The molecule has 1 aliphatic rings. The molecular weight excluding hydrogens is 281 g/mol.